The predicted octanol–water partition coefficient (Wildman–Crippen LogP) is 1.99. The molecule has 2 atom stereocenters. The Hall–Kier alpha value is -2.77. The Kier molecular flexibility index (Phi) is 6.88. The molecule has 0 radical (unpaired) electrons. The van der Waals surface area contributed by atoms with E-state index in [1.807, 2.05) is 0 Å². The first-order valence-corrected chi connectivity index (χ1v) is 9.26. The van der Waals surface area contributed by atoms with Crippen molar-refractivity contribution < 1.29 is 29.0 Å². The number of amides is 2. The fourth-order valence-electron chi connectivity index (χ4n) is 3.13. The molecule has 8 heteroatoms. The van der Waals surface area contributed by atoms with Crippen molar-refractivity contribution >= 4 is 18.0 Å². The number of likely N-dealkylation sites (tertiary alicyclic amines) is 1. The molecule has 8 nitrogen and oxygen atoms in total. The Balaban J connectivity index is 2.20. The molecule has 2 N–H and O–H groups in total. The van der Waals surface area contributed by atoms with Crippen LogP contribution in [0.15, 0.2) is 24.3 Å². The van der Waals surface area contributed by atoms with Crippen LogP contribution in [-0.2, 0) is 25.5 Å². The number of rotatable bonds is 5. The molecular weight excluding hydrogens is 364 g/mol. The van der Waals surface area contributed by atoms with Crippen LogP contribution in [0, 0.1) is 0 Å². The van der Waals surface area contributed by atoms with Gasteiger partial charge in [0.15, 0.2) is 0 Å². The largest absolute Gasteiger partial charge is 0.508 e. The number of hydrogen-bond acceptors (Lipinski definition) is 6. The zero-order valence-corrected chi connectivity index (χ0v) is 16.7. The summed E-state index contributed by atoms with van der Waals surface area (Å²) >= 11 is 0. The summed E-state index contributed by atoms with van der Waals surface area (Å²) in [6.45, 7) is 5.62. The van der Waals surface area contributed by atoms with E-state index >= 15 is 0 Å². The average molecular weight is 392 g/mol. The van der Waals surface area contributed by atoms with Gasteiger partial charge in [-0.2, -0.15) is 0 Å². The quantitative estimate of drug-likeness (QED) is 0.743. The molecule has 1 aliphatic heterocycles. The molecule has 0 aliphatic carbocycles. The monoisotopic (exact) mass is 392 g/mol. The molecule has 0 spiro atoms. The van der Waals surface area contributed by atoms with Crippen molar-refractivity contribution in [2.24, 2.45) is 0 Å². The first-order valence-electron chi connectivity index (χ1n) is 9.26. The molecule has 1 aromatic rings. The van der Waals surface area contributed by atoms with Gasteiger partial charge in [0.1, 0.15) is 23.4 Å². The van der Waals surface area contributed by atoms with Gasteiger partial charge in [-0.05, 0) is 51.3 Å². The highest BCUT2D eigenvalue weighted by molar-refractivity contribution is 5.90. The first-order chi connectivity index (χ1) is 13.1. The van der Waals surface area contributed by atoms with Gasteiger partial charge in [-0.3, -0.25) is 4.79 Å². The minimum Gasteiger partial charge on any atom is -0.508 e. The number of benzene rings is 1. The summed E-state index contributed by atoms with van der Waals surface area (Å²) in [5.41, 5.74) is 0.0410. The van der Waals surface area contributed by atoms with Crippen LogP contribution >= 0.6 is 0 Å². The van der Waals surface area contributed by atoms with Crippen molar-refractivity contribution in [2.75, 3.05) is 13.7 Å². The number of carbonyl (C=O) groups excluding carboxylic acids is 3. The summed E-state index contributed by atoms with van der Waals surface area (Å²) in [7, 11) is 1.29. The van der Waals surface area contributed by atoms with Crippen molar-refractivity contribution in [3.63, 3.8) is 0 Å². The lowest BCUT2D eigenvalue weighted by atomic mass is 10.0. The summed E-state index contributed by atoms with van der Waals surface area (Å²) in [6.07, 6.45) is 0.696. The van der Waals surface area contributed by atoms with Gasteiger partial charge in [-0.25, -0.2) is 9.59 Å². The van der Waals surface area contributed by atoms with Crippen molar-refractivity contribution in [2.45, 2.75) is 57.7 Å². The molecule has 1 heterocycles. The van der Waals surface area contributed by atoms with Crippen molar-refractivity contribution in [3.8, 4) is 5.75 Å². The molecule has 2 amide bonds. The third-order valence-electron chi connectivity index (χ3n) is 4.37. The number of ether oxygens (including phenoxy) is 2. The second-order valence-electron chi connectivity index (χ2n) is 7.78. The highest BCUT2D eigenvalue weighted by atomic mass is 16.6. The van der Waals surface area contributed by atoms with Crippen LogP contribution < -0.4 is 5.32 Å². The molecule has 2 unspecified atom stereocenters. The van der Waals surface area contributed by atoms with E-state index in [1.54, 1.807) is 32.9 Å². The van der Waals surface area contributed by atoms with Crippen LogP contribution in [0.2, 0.25) is 0 Å². The number of nitrogens with one attached hydrogen (secondary N) is 1. The zero-order valence-electron chi connectivity index (χ0n) is 16.7. The minimum absolute atomic E-state index is 0.108. The number of alkyl carbamates (subject to hydrolysis) is 1. The summed E-state index contributed by atoms with van der Waals surface area (Å²) in [5, 5.41) is 12.1. The lowest BCUT2D eigenvalue weighted by Crippen LogP contribution is -2.53. The fraction of sp³-hybridized carbons (Fsp3) is 0.550. The Morgan fingerprint density at radius 1 is 1.25 bits per heavy atom. The van der Waals surface area contributed by atoms with Gasteiger partial charge in [0.05, 0.1) is 7.11 Å². The van der Waals surface area contributed by atoms with Gasteiger partial charge < -0.3 is 24.8 Å². The van der Waals surface area contributed by atoms with E-state index in [4.69, 9.17) is 9.47 Å². The van der Waals surface area contributed by atoms with Gasteiger partial charge >= 0.3 is 12.1 Å². The van der Waals surface area contributed by atoms with Crippen LogP contribution in [0.25, 0.3) is 0 Å². The second kappa shape index (κ2) is 8.95. The number of aromatic hydroxyl groups is 1. The van der Waals surface area contributed by atoms with Crippen LogP contribution in [0.1, 0.15) is 39.2 Å². The van der Waals surface area contributed by atoms with Gasteiger partial charge in [0, 0.05) is 13.0 Å². The van der Waals surface area contributed by atoms with Crippen LogP contribution in [-0.4, -0.2) is 59.3 Å². The third kappa shape index (κ3) is 5.87. The van der Waals surface area contributed by atoms with E-state index in [1.165, 1.54) is 24.1 Å². The number of esters is 1. The predicted molar refractivity (Wildman–Crippen MR) is 102 cm³/mol. The summed E-state index contributed by atoms with van der Waals surface area (Å²) in [4.78, 5) is 38.9. The van der Waals surface area contributed by atoms with Crippen molar-refractivity contribution in [1.29, 1.82) is 0 Å². The summed E-state index contributed by atoms with van der Waals surface area (Å²) in [6, 6.07) is 4.81. The van der Waals surface area contributed by atoms with Gasteiger partial charge in [0.2, 0.25) is 5.91 Å². The van der Waals surface area contributed by atoms with Crippen molar-refractivity contribution in [3.05, 3.63) is 29.8 Å². The molecule has 1 aromatic carbocycles. The molecule has 1 fully saturated rings. The molecule has 0 aromatic heterocycles. The number of carbonyl (C=O) groups is 3. The van der Waals surface area contributed by atoms with E-state index in [2.05, 4.69) is 5.32 Å². The topological polar surface area (TPSA) is 105 Å². The lowest BCUT2D eigenvalue weighted by Gasteiger charge is -2.29. The molecule has 1 saturated heterocycles. The minimum atomic E-state index is -0.912. The Morgan fingerprint density at radius 2 is 1.89 bits per heavy atom. The maximum Gasteiger partial charge on any atom is 0.408 e. The van der Waals surface area contributed by atoms with Gasteiger partial charge in [-0.1, -0.05) is 12.1 Å². The highest BCUT2D eigenvalue weighted by Gasteiger charge is 2.38. The highest BCUT2D eigenvalue weighted by Crippen LogP contribution is 2.21. The number of methoxy groups -OCH3 is 1. The zero-order chi connectivity index (χ0) is 20.9. The lowest BCUT2D eigenvalue weighted by molar-refractivity contribution is -0.151. The number of hydrogen-bond donors (Lipinski definition) is 2. The number of nitrogens with zero attached hydrogens (tertiary/aromatic N) is 1. The first kappa shape index (κ1) is 21.5. The standard InChI is InChI=1S/C20H28N2O6/c1-20(2,3)28-19(26)21-15(12-13-7-9-14(23)10-8-13)17(24)22-11-5-6-16(22)18(25)27-4/h7-10,15-16,23H,5-6,11-12H2,1-4H3,(H,21,26). The molecule has 0 bridgehead atoms. The van der Waals surface area contributed by atoms with Gasteiger partial charge in [-0.15, -0.1) is 0 Å². The van der Waals surface area contributed by atoms with E-state index in [0.29, 0.717) is 19.4 Å². The van der Waals surface area contributed by atoms with E-state index < -0.39 is 29.7 Å². The molecule has 154 valence electrons. The fourth-order valence-corrected chi connectivity index (χ4v) is 3.13. The van der Waals surface area contributed by atoms with E-state index in [0.717, 1.165) is 5.56 Å². The van der Waals surface area contributed by atoms with Crippen LogP contribution in [0.4, 0.5) is 4.79 Å². The average Bonchev–Trinajstić information content (AvgIpc) is 3.09. The maximum absolute atomic E-state index is 13.1. The van der Waals surface area contributed by atoms with Gasteiger partial charge in [0.25, 0.3) is 0 Å². The number of phenolic OH excluding ortho intramolecular Hbond substituents is 1. The molecular formula is C20H28N2O6. The molecule has 0 saturated carbocycles. The normalized spacial score (nSPS) is 17.7. The smallest absolute Gasteiger partial charge is 0.408 e. The second-order valence-corrected chi connectivity index (χ2v) is 7.78. The van der Waals surface area contributed by atoms with Crippen molar-refractivity contribution in [1.82, 2.24) is 10.2 Å². The van der Waals surface area contributed by atoms with E-state index in [-0.39, 0.29) is 18.1 Å². The SMILES string of the molecule is COC(=O)C1CCCN1C(=O)C(Cc1ccc(O)cc1)NC(=O)OC(C)(C)C. The Labute approximate surface area is 164 Å². The third-order valence-corrected chi connectivity index (χ3v) is 4.37. The van der Waals surface area contributed by atoms with Crippen LogP contribution in [0.3, 0.4) is 0 Å². The summed E-state index contributed by atoms with van der Waals surface area (Å²) < 4.78 is 10.1. The summed E-state index contributed by atoms with van der Waals surface area (Å²) in [5.74, 6) is -0.727. The maximum atomic E-state index is 13.1. The molecule has 28 heavy (non-hydrogen) atoms. The number of phenols is 1. The van der Waals surface area contributed by atoms with Crippen LogP contribution in [0.5, 0.6) is 5.75 Å². The molecule has 1 aliphatic rings. The Bertz CT molecular complexity index is 710. The van der Waals surface area contributed by atoms with E-state index in [9.17, 15) is 19.5 Å². The Morgan fingerprint density at radius 3 is 2.46 bits per heavy atom. The molecule has 2 rings (SSSR count).